The number of aromatic amines is 1. The normalized spacial score (nSPS) is 11.9. The first-order valence-corrected chi connectivity index (χ1v) is 10.8. The van der Waals surface area contributed by atoms with E-state index in [0.717, 1.165) is 47.5 Å². The SMILES string of the molecule is CCCCOc1ccc(/C=N/NC(=Nc2ccc(C)cc2)c2nc3ccccc3[nH]2)cc1. The largest absolute Gasteiger partial charge is 0.494 e. The van der Waals surface area contributed by atoms with E-state index in [0.29, 0.717) is 11.7 Å². The summed E-state index contributed by atoms with van der Waals surface area (Å²) in [6.07, 6.45) is 3.93. The van der Waals surface area contributed by atoms with Crippen molar-refractivity contribution >= 4 is 28.8 Å². The summed E-state index contributed by atoms with van der Waals surface area (Å²) in [6.45, 7) is 4.94. The number of imidazole rings is 1. The van der Waals surface area contributed by atoms with E-state index in [1.54, 1.807) is 6.21 Å². The van der Waals surface area contributed by atoms with E-state index in [-0.39, 0.29) is 0 Å². The van der Waals surface area contributed by atoms with E-state index in [2.05, 4.69) is 34.3 Å². The number of para-hydroxylation sites is 2. The van der Waals surface area contributed by atoms with Gasteiger partial charge in [0.05, 0.1) is 29.5 Å². The molecular formula is C26H27N5O. The third-order valence-electron chi connectivity index (χ3n) is 4.92. The molecule has 0 aliphatic rings. The predicted octanol–water partition coefficient (Wildman–Crippen LogP) is 5.75. The number of aryl methyl sites for hydroxylation is 1. The van der Waals surface area contributed by atoms with Crippen molar-refractivity contribution < 1.29 is 4.74 Å². The Morgan fingerprint density at radius 1 is 1.03 bits per heavy atom. The van der Waals surface area contributed by atoms with E-state index in [1.165, 1.54) is 5.56 Å². The summed E-state index contributed by atoms with van der Waals surface area (Å²) in [5.74, 6) is 2.04. The minimum Gasteiger partial charge on any atom is -0.494 e. The van der Waals surface area contributed by atoms with Gasteiger partial charge in [-0.15, -0.1) is 0 Å². The lowest BCUT2D eigenvalue weighted by Crippen LogP contribution is -2.20. The number of ether oxygens (including phenoxy) is 1. The van der Waals surface area contributed by atoms with Crippen molar-refractivity contribution in [3.63, 3.8) is 0 Å². The monoisotopic (exact) mass is 425 g/mol. The molecule has 0 radical (unpaired) electrons. The van der Waals surface area contributed by atoms with Gasteiger partial charge in [-0.1, -0.05) is 43.2 Å². The average Bonchev–Trinajstić information content (AvgIpc) is 3.25. The molecule has 2 N–H and O–H groups in total. The van der Waals surface area contributed by atoms with Crippen LogP contribution in [0.3, 0.4) is 0 Å². The number of benzene rings is 3. The molecule has 0 amide bonds. The molecule has 0 saturated carbocycles. The molecule has 4 aromatic rings. The number of nitrogens with zero attached hydrogens (tertiary/aromatic N) is 3. The lowest BCUT2D eigenvalue weighted by Gasteiger charge is -2.05. The maximum Gasteiger partial charge on any atom is 0.190 e. The Balaban J connectivity index is 1.53. The number of aromatic nitrogens is 2. The summed E-state index contributed by atoms with van der Waals surface area (Å²) in [5, 5.41) is 4.40. The van der Waals surface area contributed by atoms with E-state index in [1.807, 2.05) is 72.8 Å². The highest BCUT2D eigenvalue weighted by atomic mass is 16.5. The number of unbranched alkanes of at least 4 members (excludes halogenated alkanes) is 1. The van der Waals surface area contributed by atoms with E-state index >= 15 is 0 Å². The molecule has 0 atom stereocenters. The van der Waals surface area contributed by atoms with Crippen LogP contribution in [0.5, 0.6) is 5.75 Å². The van der Waals surface area contributed by atoms with Crippen LogP contribution in [0.2, 0.25) is 0 Å². The Bertz CT molecular complexity index is 1170. The standard InChI is InChI=1S/C26H27N5O/c1-3-4-17-32-22-15-11-20(12-16-22)18-27-31-26(28-21-13-9-19(2)10-14-21)25-29-23-7-5-6-8-24(23)30-25/h5-16,18H,3-4,17H2,1-2H3,(H,28,31)(H,29,30)/b27-18+. The summed E-state index contributed by atoms with van der Waals surface area (Å²) < 4.78 is 5.71. The van der Waals surface area contributed by atoms with Gasteiger partial charge in [0.25, 0.3) is 0 Å². The van der Waals surface area contributed by atoms with Gasteiger partial charge in [0, 0.05) is 0 Å². The molecule has 0 unspecified atom stereocenters. The van der Waals surface area contributed by atoms with Crippen LogP contribution in [0.1, 0.15) is 36.7 Å². The molecule has 6 heteroatoms. The number of rotatable bonds is 8. The molecular weight excluding hydrogens is 398 g/mol. The van der Waals surface area contributed by atoms with Gasteiger partial charge in [-0.25, -0.2) is 9.98 Å². The van der Waals surface area contributed by atoms with Crippen molar-refractivity contribution in [2.45, 2.75) is 26.7 Å². The second-order valence-corrected chi connectivity index (χ2v) is 7.54. The third-order valence-corrected chi connectivity index (χ3v) is 4.92. The average molecular weight is 426 g/mol. The Morgan fingerprint density at radius 2 is 1.81 bits per heavy atom. The molecule has 0 saturated heterocycles. The Kier molecular flexibility index (Phi) is 6.92. The lowest BCUT2D eigenvalue weighted by molar-refractivity contribution is 0.309. The van der Waals surface area contributed by atoms with Crippen molar-refractivity contribution in [2.75, 3.05) is 6.61 Å². The van der Waals surface area contributed by atoms with Crippen LogP contribution in [0, 0.1) is 6.92 Å². The number of aliphatic imine (C=N–C) groups is 1. The summed E-state index contributed by atoms with van der Waals surface area (Å²) in [5.41, 5.74) is 7.85. The van der Waals surface area contributed by atoms with Crippen LogP contribution < -0.4 is 10.2 Å². The highest BCUT2D eigenvalue weighted by molar-refractivity contribution is 6.00. The van der Waals surface area contributed by atoms with Crippen LogP contribution in [0.15, 0.2) is 82.9 Å². The number of fused-ring (bicyclic) bond motifs is 1. The first-order chi connectivity index (χ1) is 15.7. The topological polar surface area (TPSA) is 74.7 Å². The molecule has 3 aromatic carbocycles. The Labute approximate surface area is 188 Å². The fourth-order valence-corrected chi connectivity index (χ4v) is 3.10. The van der Waals surface area contributed by atoms with Crippen molar-refractivity contribution in [3.8, 4) is 5.75 Å². The molecule has 0 bridgehead atoms. The number of hydrazone groups is 1. The highest BCUT2D eigenvalue weighted by Crippen LogP contribution is 2.16. The molecule has 1 heterocycles. The van der Waals surface area contributed by atoms with Gasteiger partial charge in [0.1, 0.15) is 5.75 Å². The Morgan fingerprint density at radius 3 is 2.56 bits per heavy atom. The molecule has 162 valence electrons. The molecule has 0 spiro atoms. The second-order valence-electron chi connectivity index (χ2n) is 7.54. The molecule has 6 nitrogen and oxygen atoms in total. The highest BCUT2D eigenvalue weighted by Gasteiger charge is 2.09. The van der Waals surface area contributed by atoms with Gasteiger partial charge < -0.3 is 9.72 Å². The molecule has 0 fully saturated rings. The first-order valence-electron chi connectivity index (χ1n) is 10.8. The summed E-state index contributed by atoms with van der Waals surface area (Å²) >= 11 is 0. The number of amidine groups is 1. The van der Waals surface area contributed by atoms with Crippen molar-refractivity contribution in [3.05, 3.63) is 89.7 Å². The molecule has 32 heavy (non-hydrogen) atoms. The zero-order chi connectivity index (χ0) is 22.2. The minimum absolute atomic E-state index is 0.542. The maximum absolute atomic E-state index is 5.71. The van der Waals surface area contributed by atoms with Crippen molar-refractivity contribution in [2.24, 2.45) is 10.1 Å². The van der Waals surface area contributed by atoms with Gasteiger partial charge in [0.2, 0.25) is 0 Å². The van der Waals surface area contributed by atoms with E-state index in [4.69, 9.17) is 9.73 Å². The summed E-state index contributed by atoms with van der Waals surface area (Å²) in [7, 11) is 0. The van der Waals surface area contributed by atoms with Gasteiger partial charge in [-0.3, -0.25) is 5.43 Å². The van der Waals surface area contributed by atoms with Crippen LogP contribution >= 0.6 is 0 Å². The second kappa shape index (κ2) is 10.4. The van der Waals surface area contributed by atoms with E-state index < -0.39 is 0 Å². The number of hydrogen-bond acceptors (Lipinski definition) is 4. The van der Waals surface area contributed by atoms with Crippen LogP contribution in [0.4, 0.5) is 5.69 Å². The van der Waals surface area contributed by atoms with Crippen LogP contribution in [-0.4, -0.2) is 28.6 Å². The van der Waals surface area contributed by atoms with Gasteiger partial charge in [-0.2, -0.15) is 5.10 Å². The quantitative estimate of drug-likeness (QED) is 0.163. The molecule has 0 aliphatic heterocycles. The Hall–Kier alpha value is -3.93. The van der Waals surface area contributed by atoms with Crippen LogP contribution in [0.25, 0.3) is 11.0 Å². The zero-order valence-corrected chi connectivity index (χ0v) is 18.4. The molecule has 4 rings (SSSR count). The number of hydrogen-bond donors (Lipinski definition) is 2. The van der Waals surface area contributed by atoms with Gasteiger partial charge in [0.15, 0.2) is 11.7 Å². The predicted molar refractivity (Wildman–Crippen MR) is 131 cm³/mol. The first kappa shape index (κ1) is 21.3. The van der Waals surface area contributed by atoms with Gasteiger partial charge in [-0.05, 0) is 67.4 Å². The van der Waals surface area contributed by atoms with Crippen molar-refractivity contribution in [1.82, 2.24) is 15.4 Å². The fraction of sp³-hybridized carbons (Fsp3) is 0.192. The van der Waals surface area contributed by atoms with E-state index in [9.17, 15) is 0 Å². The molecule has 0 aliphatic carbocycles. The van der Waals surface area contributed by atoms with Crippen molar-refractivity contribution in [1.29, 1.82) is 0 Å². The number of nitrogens with one attached hydrogen (secondary N) is 2. The molecule has 1 aromatic heterocycles. The lowest BCUT2D eigenvalue weighted by atomic mass is 10.2. The third kappa shape index (κ3) is 5.60. The fourth-order valence-electron chi connectivity index (χ4n) is 3.10. The summed E-state index contributed by atoms with van der Waals surface area (Å²) in [6, 6.07) is 23.8. The van der Waals surface area contributed by atoms with Gasteiger partial charge >= 0.3 is 0 Å². The smallest absolute Gasteiger partial charge is 0.190 e. The zero-order valence-electron chi connectivity index (χ0n) is 18.4. The summed E-state index contributed by atoms with van der Waals surface area (Å²) in [4.78, 5) is 12.7. The minimum atomic E-state index is 0.542. The maximum atomic E-state index is 5.71. The van der Waals surface area contributed by atoms with Crippen LogP contribution in [-0.2, 0) is 0 Å². The number of H-pyrrole nitrogens is 1.